The van der Waals surface area contributed by atoms with Gasteiger partial charge in [0.2, 0.25) is 0 Å². The minimum absolute atomic E-state index is 0.0189. The lowest BCUT2D eigenvalue weighted by Gasteiger charge is -2.31. The maximum Gasteiger partial charge on any atom is 0.270 e. The summed E-state index contributed by atoms with van der Waals surface area (Å²) in [6.07, 6.45) is 10.2. The van der Waals surface area contributed by atoms with Crippen molar-refractivity contribution >= 4 is 23.8 Å². The van der Waals surface area contributed by atoms with Gasteiger partial charge in [0.25, 0.3) is 5.91 Å². The molecular weight excluding hydrogens is 442 g/mol. The molecule has 0 bridgehead atoms. The van der Waals surface area contributed by atoms with Crippen LogP contribution >= 0.6 is 0 Å². The number of nitrogens with zero attached hydrogens (tertiary/aromatic N) is 5. The summed E-state index contributed by atoms with van der Waals surface area (Å²) in [7, 11) is 3.60. The molecule has 2 aromatic heterocycles. The van der Waals surface area contributed by atoms with Crippen LogP contribution in [0, 0.1) is 0 Å². The fourth-order valence-electron chi connectivity index (χ4n) is 5.63. The minimum atomic E-state index is -0.347. The molecule has 0 aromatic carbocycles. The highest BCUT2D eigenvalue weighted by molar-refractivity contribution is 5.99. The van der Waals surface area contributed by atoms with Crippen LogP contribution in [0.15, 0.2) is 29.4 Å². The predicted octanol–water partition coefficient (Wildman–Crippen LogP) is 3.11. The highest BCUT2D eigenvalue weighted by Gasteiger charge is 2.30. The maximum atomic E-state index is 12.9. The average Bonchev–Trinajstić information content (AvgIpc) is 3.52. The van der Waals surface area contributed by atoms with Crippen molar-refractivity contribution in [2.45, 2.75) is 56.8 Å². The van der Waals surface area contributed by atoms with Crippen molar-refractivity contribution in [2.24, 2.45) is 4.99 Å². The number of rotatable bonds is 7. The number of aromatic nitrogens is 2. The summed E-state index contributed by atoms with van der Waals surface area (Å²) in [6.45, 7) is 3.03. The number of aliphatic imine (C=N–C) groups is 1. The standard InChI is InChI=1S/C26H37N7O2/c1-31(2)25(35)22-15-20-17-28-26(30-24(20)33(22)21-5-3-4-6-21)29-23-8-7-19(16-27-23)18-9-11-32(12-10-18)13-14-34/h7-8,15-18,21,26,30,34H,3-6,9-14H2,1-2H3,(H,27,29). The molecule has 3 aliphatic rings. The molecule has 9 nitrogen and oxygen atoms in total. The maximum absolute atomic E-state index is 12.9. The van der Waals surface area contributed by atoms with E-state index in [1.165, 1.54) is 18.4 Å². The molecule has 3 N–H and O–H groups in total. The first kappa shape index (κ1) is 23.8. The molecule has 1 amide bonds. The van der Waals surface area contributed by atoms with Crippen LogP contribution in [0.25, 0.3) is 0 Å². The number of likely N-dealkylation sites (tertiary alicyclic amines) is 1. The number of hydrogen-bond donors (Lipinski definition) is 3. The Morgan fingerprint density at radius 3 is 2.63 bits per heavy atom. The Labute approximate surface area is 207 Å². The third-order valence-corrected chi connectivity index (χ3v) is 7.56. The topological polar surface area (TPSA) is 98.0 Å². The Morgan fingerprint density at radius 2 is 1.97 bits per heavy atom. The number of β-amino-alcohol motifs (C(OH)–C–C–N with tert-alkyl or cyclic N) is 1. The summed E-state index contributed by atoms with van der Waals surface area (Å²) in [5.74, 6) is 2.27. The quantitative estimate of drug-likeness (QED) is 0.565. The summed E-state index contributed by atoms with van der Waals surface area (Å²) in [4.78, 5) is 26.2. The Morgan fingerprint density at radius 1 is 1.20 bits per heavy atom. The molecule has 1 saturated carbocycles. The lowest BCUT2D eigenvalue weighted by atomic mass is 9.90. The van der Waals surface area contributed by atoms with Gasteiger partial charge < -0.3 is 30.1 Å². The first-order valence-corrected chi connectivity index (χ1v) is 12.9. The number of hydrogen-bond acceptors (Lipinski definition) is 7. The van der Waals surface area contributed by atoms with E-state index in [0.29, 0.717) is 12.0 Å². The third kappa shape index (κ3) is 5.06. The van der Waals surface area contributed by atoms with Crippen molar-refractivity contribution in [1.82, 2.24) is 19.4 Å². The molecule has 5 rings (SSSR count). The van der Waals surface area contributed by atoms with Gasteiger partial charge in [-0.15, -0.1) is 0 Å². The van der Waals surface area contributed by atoms with E-state index in [0.717, 1.165) is 68.2 Å². The number of carbonyl (C=O) groups is 1. The number of pyridine rings is 1. The largest absolute Gasteiger partial charge is 0.395 e. The molecule has 188 valence electrons. The van der Waals surface area contributed by atoms with E-state index in [-0.39, 0.29) is 18.8 Å². The van der Waals surface area contributed by atoms with Crippen LogP contribution in [0.1, 0.15) is 72.1 Å². The van der Waals surface area contributed by atoms with E-state index < -0.39 is 0 Å². The van der Waals surface area contributed by atoms with Crippen LogP contribution in [0.3, 0.4) is 0 Å². The van der Waals surface area contributed by atoms with Crippen molar-refractivity contribution < 1.29 is 9.90 Å². The van der Waals surface area contributed by atoms with Crippen molar-refractivity contribution in [1.29, 1.82) is 0 Å². The SMILES string of the molecule is CN(C)C(=O)c1cc2c(n1C1CCCC1)NC(Nc1ccc(C3CCN(CCO)CC3)cn1)N=C2. The van der Waals surface area contributed by atoms with Crippen LogP contribution in [-0.4, -0.2) is 83.2 Å². The van der Waals surface area contributed by atoms with Gasteiger partial charge in [0.15, 0.2) is 6.29 Å². The fraction of sp³-hybridized carbons (Fsp3) is 0.577. The molecule has 1 aliphatic carbocycles. The second-order valence-electron chi connectivity index (χ2n) is 10.1. The summed E-state index contributed by atoms with van der Waals surface area (Å²) < 4.78 is 2.20. The number of nitrogens with one attached hydrogen (secondary N) is 2. The molecule has 2 fully saturated rings. The zero-order valence-electron chi connectivity index (χ0n) is 20.8. The number of piperidine rings is 1. The van der Waals surface area contributed by atoms with E-state index in [9.17, 15) is 4.79 Å². The van der Waals surface area contributed by atoms with Crippen LogP contribution in [0.5, 0.6) is 0 Å². The van der Waals surface area contributed by atoms with Gasteiger partial charge in [0, 0.05) is 44.7 Å². The van der Waals surface area contributed by atoms with Gasteiger partial charge in [0.05, 0.1) is 6.61 Å². The van der Waals surface area contributed by atoms with Gasteiger partial charge >= 0.3 is 0 Å². The Bertz CT molecular complexity index is 1050. The van der Waals surface area contributed by atoms with E-state index in [1.54, 1.807) is 19.0 Å². The van der Waals surface area contributed by atoms with Gasteiger partial charge in [0.1, 0.15) is 17.3 Å². The second kappa shape index (κ2) is 10.4. The molecule has 4 heterocycles. The molecule has 0 spiro atoms. The fourth-order valence-corrected chi connectivity index (χ4v) is 5.63. The van der Waals surface area contributed by atoms with E-state index in [1.807, 2.05) is 24.5 Å². The molecule has 9 heteroatoms. The van der Waals surface area contributed by atoms with Crippen molar-refractivity contribution in [3.8, 4) is 0 Å². The molecule has 1 unspecified atom stereocenters. The van der Waals surface area contributed by atoms with E-state index in [2.05, 4.69) is 36.1 Å². The Balaban J connectivity index is 1.27. The normalized spacial score (nSPS) is 21.1. The summed E-state index contributed by atoms with van der Waals surface area (Å²) in [6, 6.07) is 6.48. The zero-order chi connectivity index (χ0) is 24.4. The predicted molar refractivity (Wildman–Crippen MR) is 138 cm³/mol. The first-order valence-electron chi connectivity index (χ1n) is 12.9. The van der Waals surface area contributed by atoms with Gasteiger partial charge in [-0.1, -0.05) is 18.9 Å². The zero-order valence-corrected chi connectivity index (χ0v) is 20.8. The molecule has 1 saturated heterocycles. The molecule has 2 aliphatic heterocycles. The van der Waals surface area contributed by atoms with Crippen molar-refractivity contribution in [3.63, 3.8) is 0 Å². The van der Waals surface area contributed by atoms with Crippen molar-refractivity contribution in [2.75, 3.05) is 51.0 Å². The first-order chi connectivity index (χ1) is 17.0. The third-order valence-electron chi connectivity index (χ3n) is 7.56. The molecule has 2 aromatic rings. The summed E-state index contributed by atoms with van der Waals surface area (Å²) >= 11 is 0. The lowest BCUT2D eigenvalue weighted by molar-refractivity contribution is 0.0815. The number of aliphatic hydroxyl groups is 1. The van der Waals surface area contributed by atoms with Crippen LogP contribution in [0.2, 0.25) is 0 Å². The van der Waals surface area contributed by atoms with Gasteiger partial charge in [-0.05, 0) is 62.4 Å². The highest BCUT2D eigenvalue weighted by atomic mass is 16.3. The molecular formula is C26H37N7O2. The van der Waals surface area contributed by atoms with Crippen LogP contribution in [0.4, 0.5) is 11.6 Å². The monoisotopic (exact) mass is 479 g/mol. The Hall–Kier alpha value is -2.91. The smallest absolute Gasteiger partial charge is 0.270 e. The number of carbonyl (C=O) groups excluding carboxylic acids is 1. The second-order valence-corrected chi connectivity index (χ2v) is 10.1. The van der Waals surface area contributed by atoms with Gasteiger partial charge in [-0.25, -0.2) is 9.98 Å². The van der Waals surface area contributed by atoms with Crippen LogP contribution < -0.4 is 10.6 Å². The minimum Gasteiger partial charge on any atom is -0.395 e. The Kier molecular flexibility index (Phi) is 7.06. The van der Waals surface area contributed by atoms with Crippen molar-refractivity contribution in [3.05, 3.63) is 41.2 Å². The molecule has 1 atom stereocenters. The van der Waals surface area contributed by atoms with E-state index >= 15 is 0 Å². The number of fused-ring (bicyclic) bond motifs is 1. The van der Waals surface area contributed by atoms with Gasteiger partial charge in [-0.3, -0.25) is 4.79 Å². The number of aliphatic hydroxyl groups excluding tert-OH is 1. The summed E-state index contributed by atoms with van der Waals surface area (Å²) in [5, 5.41) is 16.1. The number of anilines is 2. The summed E-state index contributed by atoms with van der Waals surface area (Å²) in [5.41, 5.74) is 2.94. The number of amides is 1. The van der Waals surface area contributed by atoms with Gasteiger partial charge in [-0.2, -0.15) is 0 Å². The average molecular weight is 480 g/mol. The van der Waals surface area contributed by atoms with Crippen LogP contribution in [-0.2, 0) is 0 Å². The van der Waals surface area contributed by atoms with E-state index in [4.69, 9.17) is 5.11 Å². The molecule has 0 radical (unpaired) electrons. The lowest BCUT2D eigenvalue weighted by Crippen LogP contribution is -2.35. The molecule has 35 heavy (non-hydrogen) atoms. The highest BCUT2D eigenvalue weighted by Crippen LogP contribution is 2.37.